The molecule has 0 heterocycles. The van der Waals surface area contributed by atoms with E-state index in [1.54, 1.807) is 0 Å². The summed E-state index contributed by atoms with van der Waals surface area (Å²) < 4.78 is 1.27. The molecule has 1 rings (SSSR count). The third-order valence-corrected chi connectivity index (χ3v) is 2.82. The Kier molecular flexibility index (Phi) is 3.87. The Labute approximate surface area is 75.9 Å². The number of rotatable bonds is 3. The van der Waals surface area contributed by atoms with Gasteiger partial charge in [0.15, 0.2) is 0 Å². The predicted molar refractivity (Wildman–Crippen MR) is 50.6 cm³/mol. The molecule has 0 radical (unpaired) electrons. The molecule has 1 aliphatic rings. The van der Waals surface area contributed by atoms with Gasteiger partial charge in [0.2, 0.25) is 0 Å². The molecule has 0 aromatic rings. The van der Waals surface area contributed by atoms with Gasteiger partial charge in [0.1, 0.15) is 0 Å². The average molecular weight is 217 g/mol. The van der Waals surface area contributed by atoms with Crippen molar-refractivity contribution in [3.05, 3.63) is 22.7 Å². The first-order chi connectivity index (χ1) is 5.34. The lowest BCUT2D eigenvalue weighted by Crippen LogP contribution is -2.02. The lowest BCUT2D eigenvalue weighted by molar-refractivity contribution is 0.277. The standard InChI is InChI=1S/C9H13BrO/c10-9-6-2-1-4-8(9)5-3-7-11/h1-2,6,8,11H,3-5,7H2. The fourth-order valence-electron chi connectivity index (χ4n) is 1.24. The molecule has 1 nitrogen and oxygen atoms in total. The second-order valence-corrected chi connectivity index (χ2v) is 3.69. The van der Waals surface area contributed by atoms with Crippen LogP contribution in [0.2, 0.25) is 0 Å². The third-order valence-electron chi connectivity index (χ3n) is 1.91. The SMILES string of the molecule is OCCCC1CC=CC=C1Br. The normalized spacial score (nSPS) is 23.5. The molecule has 1 atom stereocenters. The average Bonchev–Trinajstić information content (AvgIpc) is 2.03. The number of allylic oxidation sites excluding steroid dienone is 4. The molecular weight excluding hydrogens is 204 g/mol. The minimum Gasteiger partial charge on any atom is -0.396 e. The molecule has 0 amide bonds. The summed E-state index contributed by atoms with van der Waals surface area (Å²) in [5, 5.41) is 8.63. The monoisotopic (exact) mass is 216 g/mol. The minimum absolute atomic E-state index is 0.306. The van der Waals surface area contributed by atoms with Crippen LogP contribution in [0.25, 0.3) is 0 Å². The highest BCUT2D eigenvalue weighted by Crippen LogP contribution is 2.28. The number of aliphatic hydroxyl groups excluding tert-OH is 1. The van der Waals surface area contributed by atoms with E-state index in [0.29, 0.717) is 12.5 Å². The van der Waals surface area contributed by atoms with Crippen molar-refractivity contribution in [1.82, 2.24) is 0 Å². The van der Waals surface area contributed by atoms with Gasteiger partial charge >= 0.3 is 0 Å². The zero-order valence-electron chi connectivity index (χ0n) is 6.46. The summed E-state index contributed by atoms with van der Waals surface area (Å²) in [6.45, 7) is 0.306. The van der Waals surface area contributed by atoms with Gasteiger partial charge in [0.25, 0.3) is 0 Å². The van der Waals surface area contributed by atoms with Gasteiger partial charge in [-0.05, 0) is 29.7 Å². The van der Waals surface area contributed by atoms with Crippen LogP contribution >= 0.6 is 15.9 Å². The fourth-order valence-corrected chi connectivity index (χ4v) is 1.81. The van der Waals surface area contributed by atoms with E-state index in [1.807, 2.05) is 0 Å². The largest absolute Gasteiger partial charge is 0.396 e. The summed E-state index contributed by atoms with van der Waals surface area (Å²) >= 11 is 3.51. The molecule has 0 aromatic carbocycles. The lowest BCUT2D eigenvalue weighted by Gasteiger charge is -2.15. The minimum atomic E-state index is 0.306. The molecule has 1 N–H and O–H groups in total. The summed E-state index contributed by atoms with van der Waals surface area (Å²) in [7, 11) is 0. The Morgan fingerprint density at radius 3 is 3.09 bits per heavy atom. The molecule has 0 saturated heterocycles. The second kappa shape index (κ2) is 4.73. The van der Waals surface area contributed by atoms with Crippen LogP contribution in [0.3, 0.4) is 0 Å². The van der Waals surface area contributed by atoms with Gasteiger partial charge < -0.3 is 5.11 Å². The van der Waals surface area contributed by atoms with Crippen molar-refractivity contribution in [2.24, 2.45) is 5.92 Å². The second-order valence-electron chi connectivity index (χ2n) is 2.78. The Bertz CT molecular complexity index is 172. The molecule has 1 aliphatic carbocycles. The lowest BCUT2D eigenvalue weighted by atomic mass is 9.96. The Morgan fingerprint density at radius 1 is 1.64 bits per heavy atom. The maximum atomic E-state index is 8.63. The van der Waals surface area contributed by atoms with E-state index in [0.717, 1.165) is 19.3 Å². The number of halogens is 1. The third kappa shape index (κ3) is 2.80. The van der Waals surface area contributed by atoms with Crippen molar-refractivity contribution < 1.29 is 5.11 Å². The number of hydrogen-bond acceptors (Lipinski definition) is 1. The van der Waals surface area contributed by atoms with E-state index in [4.69, 9.17) is 5.11 Å². The number of hydrogen-bond donors (Lipinski definition) is 1. The highest BCUT2D eigenvalue weighted by Gasteiger charge is 2.11. The summed E-state index contributed by atoms with van der Waals surface area (Å²) in [5.41, 5.74) is 0. The van der Waals surface area contributed by atoms with Crippen molar-refractivity contribution in [1.29, 1.82) is 0 Å². The van der Waals surface area contributed by atoms with Gasteiger partial charge in [-0.15, -0.1) is 0 Å². The molecule has 0 aliphatic heterocycles. The van der Waals surface area contributed by atoms with Crippen molar-refractivity contribution in [2.75, 3.05) is 6.61 Å². The van der Waals surface area contributed by atoms with Crippen LogP contribution in [0.5, 0.6) is 0 Å². The van der Waals surface area contributed by atoms with Crippen LogP contribution in [0, 0.1) is 5.92 Å². The van der Waals surface area contributed by atoms with Crippen molar-refractivity contribution in [3.63, 3.8) is 0 Å². The molecule has 0 fully saturated rings. The van der Waals surface area contributed by atoms with Crippen LogP contribution in [0.4, 0.5) is 0 Å². The smallest absolute Gasteiger partial charge is 0.0431 e. The van der Waals surface area contributed by atoms with Crippen LogP contribution < -0.4 is 0 Å². The first-order valence-corrected chi connectivity index (χ1v) is 4.77. The molecule has 0 saturated carbocycles. The van der Waals surface area contributed by atoms with E-state index in [9.17, 15) is 0 Å². The molecule has 1 unspecified atom stereocenters. The summed E-state index contributed by atoms with van der Waals surface area (Å²) in [6.07, 6.45) is 9.42. The molecular formula is C9H13BrO. The summed E-state index contributed by atoms with van der Waals surface area (Å²) in [6, 6.07) is 0. The molecule has 11 heavy (non-hydrogen) atoms. The van der Waals surface area contributed by atoms with E-state index in [-0.39, 0.29) is 0 Å². The zero-order chi connectivity index (χ0) is 8.10. The predicted octanol–water partition coefficient (Wildman–Crippen LogP) is 2.61. The van der Waals surface area contributed by atoms with E-state index >= 15 is 0 Å². The van der Waals surface area contributed by atoms with Gasteiger partial charge in [-0.1, -0.05) is 34.2 Å². The van der Waals surface area contributed by atoms with E-state index < -0.39 is 0 Å². The molecule has 0 bridgehead atoms. The van der Waals surface area contributed by atoms with Crippen LogP contribution in [0.15, 0.2) is 22.7 Å². The van der Waals surface area contributed by atoms with Crippen LogP contribution in [0.1, 0.15) is 19.3 Å². The van der Waals surface area contributed by atoms with Crippen molar-refractivity contribution in [3.8, 4) is 0 Å². The van der Waals surface area contributed by atoms with Gasteiger partial charge in [-0.2, -0.15) is 0 Å². The maximum Gasteiger partial charge on any atom is 0.0431 e. The van der Waals surface area contributed by atoms with Crippen LogP contribution in [-0.2, 0) is 0 Å². The quantitative estimate of drug-likeness (QED) is 0.770. The van der Waals surface area contributed by atoms with Crippen LogP contribution in [-0.4, -0.2) is 11.7 Å². The van der Waals surface area contributed by atoms with Gasteiger partial charge in [-0.3, -0.25) is 0 Å². The zero-order valence-corrected chi connectivity index (χ0v) is 8.05. The fraction of sp³-hybridized carbons (Fsp3) is 0.556. The van der Waals surface area contributed by atoms with Crippen molar-refractivity contribution >= 4 is 15.9 Å². The van der Waals surface area contributed by atoms with Crippen molar-refractivity contribution in [2.45, 2.75) is 19.3 Å². The molecule has 0 aromatic heterocycles. The highest BCUT2D eigenvalue weighted by molar-refractivity contribution is 9.11. The molecule has 62 valence electrons. The Morgan fingerprint density at radius 2 is 2.45 bits per heavy atom. The summed E-state index contributed by atoms with van der Waals surface area (Å²) in [5.74, 6) is 0.604. The summed E-state index contributed by atoms with van der Waals surface area (Å²) in [4.78, 5) is 0. The first kappa shape index (κ1) is 9.01. The van der Waals surface area contributed by atoms with Gasteiger partial charge in [-0.25, -0.2) is 0 Å². The topological polar surface area (TPSA) is 20.2 Å². The van der Waals surface area contributed by atoms with Gasteiger partial charge in [0.05, 0.1) is 0 Å². The van der Waals surface area contributed by atoms with E-state index in [1.165, 1.54) is 4.48 Å². The maximum absolute atomic E-state index is 8.63. The Hall–Kier alpha value is -0.0800. The molecule has 2 heteroatoms. The van der Waals surface area contributed by atoms with E-state index in [2.05, 4.69) is 34.2 Å². The van der Waals surface area contributed by atoms with Gasteiger partial charge in [0, 0.05) is 6.61 Å². The first-order valence-electron chi connectivity index (χ1n) is 3.97. The Balaban J connectivity index is 2.35. The number of aliphatic hydroxyl groups is 1. The highest BCUT2D eigenvalue weighted by atomic mass is 79.9. The molecule has 0 spiro atoms.